The van der Waals surface area contributed by atoms with Crippen LogP contribution >= 0.6 is 0 Å². The first kappa shape index (κ1) is 13.9. The highest BCUT2D eigenvalue weighted by Crippen LogP contribution is 2.32. The molecule has 0 aromatic carbocycles. The smallest absolute Gasteiger partial charge is 0.393 e. The van der Waals surface area contributed by atoms with E-state index in [9.17, 15) is 18.3 Å². The van der Waals surface area contributed by atoms with E-state index in [4.69, 9.17) is 5.73 Å². The fourth-order valence-corrected chi connectivity index (χ4v) is 2.29. The largest absolute Gasteiger partial charge is 0.416 e. The number of aliphatic hydroxyl groups is 1. The average molecular weight is 275 g/mol. The first-order valence-corrected chi connectivity index (χ1v) is 6.11. The Morgan fingerprint density at radius 1 is 1.37 bits per heavy atom. The topological polar surface area (TPSA) is 71.2 Å². The summed E-state index contributed by atoms with van der Waals surface area (Å²) in [5.41, 5.74) is 4.56. The second-order valence-electron chi connectivity index (χ2n) is 4.88. The van der Waals surface area contributed by atoms with Crippen LogP contribution in [0.4, 0.5) is 24.8 Å². The molecule has 1 aliphatic carbocycles. The summed E-state index contributed by atoms with van der Waals surface area (Å²) in [4.78, 5) is 3.83. The minimum atomic E-state index is -4.43. The molecule has 0 spiro atoms. The SMILES string of the molecule is Nc1cc(C(F)(F)F)cc(NCC2CCC(O)C2)n1. The van der Waals surface area contributed by atoms with E-state index < -0.39 is 11.7 Å². The van der Waals surface area contributed by atoms with Gasteiger partial charge in [-0.1, -0.05) is 0 Å². The lowest BCUT2D eigenvalue weighted by molar-refractivity contribution is -0.137. The molecule has 19 heavy (non-hydrogen) atoms. The predicted molar refractivity (Wildman–Crippen MR) is 65.5 cm³/mol. The monoisotopic (exact) mass is 275 g/mol. The Bertz CT molecular complexity index is 450. The van der Waals surface area contributed by atoms with Crippen LogP contribution in [0.25, 0.3) is 0 Å². The summed E-state index contributed by atoms with van der Waals surface area (Å²) in [5.74, 6) is 0.213. The normalized spacial score (nSPS) is 23.6. The van der Waals surface area contributed by atoms with E-state index in [1.807, 2.05) is 0 Å². The van der Waals surface area contributed by atoms with Gasteiger partial charge in [-0.25, -0.2) is 4.98 Å². The number of hydrogen-bond acceptors (Lipinski definition) is 4. The number of anilines is 2. The summed E-state index contributed by atoms with van der Waals surface area (Å²) in [6.45, 7) is 0.491. The quantitative estimate of drug-likeness (QED) is 0.791. The number of nitrogens with one attached hydrogen (secondary N) is 1. The fourth-order valence-electron chi connectivity index (χ4n) is 2.29. The van der Waals surface area contributed by atoms with Crippen molar-refractivity contribution in [3.8, 4) is 0 Å². The number of halogens is 3. The molecule has 0 saturated heterocycles. The first-order valence-electron chi connectivity index (χ1n) is 6.11. The van der Waals surface area contributed by atoms with Gasteiger partial charge in [-0.2, -0.15) is 13.2 Å². The molecule has 1 aromatic heterocycles. The lowest BCUT2D eigenvalue weighted by Crippen LogP contribution is -2.15. The van der Waals surface area contributed by atoms with E-state index in [2.05, 4.69) is 10.3 Å². The van der Waals surface area contributed by atoms with Gasteiger partial charge in [0, 0.05) is 6.54 Å². The Morgan fingerprint density at radius 2 is 2.11 bits per heavy atom. The van der Waals surface area contributed by atoms with Crippen LogP contribution in [0, 0.1) is 5.92 Å². The van der Waals surface area contributed by atoms with E-state index in [-0.39, 0.29) is 23.7 Å². The third kappa shape index (κ3) is 3.73. The maximum atomic E-state index is 12.6. The molecule has 1 saturated carbocycles. The lowest BCUT2D eigenvalue weighted by Gasteiger charge is -2.14. The summed E-state index contributed by atoms with van der Waals surface area (Å²) in [7, 11) is 0. The van der Waals surface area contributed by atoms with Crippen LogP contribution in [0.1, 0.15) is 24.8 Å². The third-order valence-electron chi connectivity index (χ3n) is 3.26. The van der Waals surface area contributed by atoms with Crippen molar-refractivity contribution in [3.63, 3.8) is 0 Å². The number of hydrogen-bond donors (Lipinski definition) is 3. The molecule has 2 unspecified atom stereocenters. The minimum Gasteiger partial charge on any atom is -0.393 e. The highest BCUT2D eigenvalue weighted by Gasteiger charge is 2.31. The standard InChI is InChI=1S/C12H16F3N3O/c13-12(14,15)8-4-10(16)18-11(5-8)17-6-7-1-2-9(19)3-7/h4-5,7,9,19H,1-3,6H2,(H3,16,17,18). The van der Waals surface area contributed by atoms with E-state index in [0.717, 1.165) is 25.0 Å². The Hall–Kier alpha value is -1.50. The molecule has 2 rings (SSSR count). The fraction of sp³-hybridized carbons (Fsp3) is 0.583. The van der Waals surface area contributed by atoms with Crippen LogP contribution in [-0.4, -0.2) is 22.7 Å². The Labute approximate surface area is 108 Å². The van der Waals surface area contributed by atoms with E-state index >= 15 is 0 Å². The van der Waals surface area contributed by atoms with Crippen molar-refractivity contribution in [2.24, 2.45) is 5.92 Å². The second kappa shape index (κ2) is 5.24. The number of nitrogens with two attached hydrogens (primary N) is 1. The average Bonchev–Trinajstić information content (AvgIpc) is 2.71. The van der Waals surface area contributed by atoms with Gasteiger partial charge >= 0.3 is 6.18 Å². The van der Waals surface area contributed by atoms with Crippen molar-refractivity contribution >= 4 is 11.6 Å². The van der Waals surface area contributed by atoms with Crippen molar-refractivity contribution in [1.29, 1.82) is 0 Å². The molecule has 7 heteroatoms. The van der Waals surface area contributed by atoms with Crippen LogP contribution in [0.15, 0.2) is 12.1 Å². The minimum absolute atomic E-state index is 0.119. The zero-order valence-corrected chi connectivity index (χ0v) is 10.2. The van der Waals surface area contributed by atoms with Gasteiger partial charge in [0.1, 0.15) is 11.6 Å². The van der Waals surface area contributed by atoms with Crippen molar-refractivity contribution < 1.29 is 18.3 Å². The molecule has 1 aliphatic rings. The van der Waals surface area contributed by atoms with Gasteiger partial charge in [0.25, 0.3) is 0 Å². The molecule has 2 atom stereocenters. The molecule has 0 bridgehead atoms. The van der Waals surface area contributed by atoms with Crippen LogP contribution in [0.3, 0.4) is 0 Å². The molecule has 1 aromatic rings. The number of aromatic nitrogens is 1. The van der Waals surface area contributed by atoms with Crippen LogP contribution < -0.4 is 11.1 Å². The van der Waals surface area contributed by atoms with Crippen molar-refractivity contribution in [3.05, 3.63) is 17.7 Å². The molecule has 1 fully saturated rings. The van der Waals surface area contributed by atoms with Gasteiger partial charge in [-0.15, -0.1) is 0 Å². The van der Waals surface area contributed by atoms with Crippen molar-refractivity contribution in [2.45, 2.75) is 31.5 Å². The summed E-state index contributed by atoms with van der Waals surface area (Å²) < 4.78 is 37.8. The Morgan fingerprint density at radius 3 is 2.68 bits per heavy atom. The number of alkyl halides is 3. The third-order valence-corrected chi connectivity index (χ3v) is 3.26. The molecular weight excluding hydrogens is 259 g/mol. The molecule has 0 radical (unpaired) electrons. The molecule has 0 amide bonds. The van der Waals surface area contributed by atoms with Crippen molar-refractivity contribution in [2.75, 3.05) is 17.6 Å². The number of aliphatic hydroxyl groups excluding tert-OH is 1. The van der Waals surface area contributed by atoms with E-state index in [1.165, 1.54) is 0 Å². The number of rotatable bonds is 3. The molecule has 1 heterocycles. The maximum Gasteiger partial charge on any atom is 0.416 e. The van der Waals surface area contributed by atoms with Crippen LogP contribution in [0.2, 0.25) is 0 Å². The number of nitrogens with zero attached hydrogens (tertiary/aromatic N) is 1. The maximum absolute atomic E-state index is 12.6. The molecular formula is C12H16F3N3O. The molecule has 106 valence electrons. The highest BCUT2D eigenvalue weighted by atomic mass is 19.4. The molecule has 4 N–H and O–H groups in total. The summed E-state index contributed by atoms with van der Waals surface area (Å²) >= 11 is 0. The van der Waals surface area contributed by atoms with Crippen molar-refractivity contribution in [1.82, 2.24) is 4.98 Å². The molecule has 0 aliphatic heterocycles. The second-order valence-corrected chi connectivity index (χ2v) is 4.88. The summed E-state index contributed by atoms with van der Waals surface area (Å²) in [6, 6.07) is 1.76. The predicted octanol–water partition coefficient (Wildman–Crippen LogP) is 2.26. The van der Waals surface area contributed by atoms with Gasteiger partial charge in [-0.3, -0.25) is 0 Å². The lowest BCUT2D eigenvalue weighted by atomic mass is 10.1. The number of nitrogen functional groups attached to an aromatic ring is 1. The number of pyridine rings is 1. The van der Waals surface area contributed by atoms with E-state index in [1.54, 1.807) is 0 Å². The van der Waals surface area contributed by atoms with Gasteiger partial charge < -0.3 is 16.2 Å². The zero-order valence-electron chi connectivity index (χ0n) is 10.2. The van der Waals surface area contributed by atoms with Gasteiger partial charge in [0.2, 0.25) is 0 Å². The molecule has 4 nitrogen and oxygen atoms in total. The zero-order chi connectivity index (χ0) is 14.0. The van der Waals surface area contributed by atoms with Crippen LogP contribution in [-0.2, 0) is 6.18 Å². The Kier molecular flexibility index (Phi) is 3.84. The first-order chi connectivity index (χ1) is 8.84. The summed E-state index contributed by atoms with van der Waals surface area (Å²) in [6.07, 6.45) is -2.46. The van der Waals surface area contributed by atoms with Gasteiger partial charge in [-0.05, 0) is 37.3 Å². The van der Waals surface area contributed by atoms with Crippen LogP contribution in [0.5, 0.6) is 0 Å². The summed E-state index contributed by atoms with van der Waals surface area (Å²) in [5, 5.41) is 12.2. The van der Waals surface area contributed by atoms with Gasteiger partial charge in [0.15, 0.2) is 0 Å². The van der Waals surface area contributed by atoms with E-state index in [0.29, 0.717) is 13.0 Å². The Balaban J connectivity index is 2.02. The van der Waals surface area contributed by atoms with Gasteiger partial charge in [0.05, 0.1) is 11.7 Å². The highest BCUT2D eigenvalue weighted by molar-refractivity contribution is 5.47.